The molecule has 12 heavy (non-hydrogen) atoms. The lowest BCUT2D eigenvalue weighted by molar-refractivity contribution is 0.227. The van der Waals surface area contributed by atoms with Gasteiger partial charge in [-0.25, -0.2) is 0 Å². The van der Waals surface area contributed by atoms with Crippen molar-refractivity contribution in [1.82, 2.24) is 0 Å². The summed E-state index contributed by atoms with van der Waals surface area (Å²) in [6, 6.07) is 0. The van der Waals surface area contributed by atoms with Crippen LogP contribution in [-0.4, -0.2) is 0 Å². The fourth-order valence-electron chi connectivity index (χ4n) is 2.30. The lowest BCUT2D eigenvalue weighted by atomic mass is 9.76. The van der Waals surface area contributed by atoms with Gasteiger partial charge in [0.1, 0.15) is 0 Å². The average Bonchev–Trinajstić information content (AvgIpc) is 1.93. The Morgan fingerprint density at radius 3 is 2.25 bits per heavy atom. The first-order valence-electron chi connectivity index (χ1n) is 5.72. The number of rotatable bonds is 5. The molecule has 1 fully saturated rings. The zero-order valence-corrected chi connectivity index (χ0v) is 8.97. The highest BCUT2D eigenvalue weighted by Gasteiger charge is 2.21. The van der Waals surface area contributed by atoms with Gasteiger partial charge < -0.3 is 0 Å². The van der Waals surface area contributed by atoms with E-state index in [4.69, 9.17) is 0 Å². The van der Waals surface area contributed by atoms with Gasteiger partial charge in [0, 0.05) is 0 Å². The molecule has 0 N–H and O–H groups in total. The van der Waals surface area contributed by atoms with Gasteiger partial charge in [0.25, 0.3) is 0 Å². The van der Waals surface area contributed by atoms with Crippen LogP contribution in [0.5, 0.6) is 0 Å². The van der Waals surface area contributed by atoms with Gasteiger partial charge in [-0.2, -0.15) is 0 Å². The minimum absolute atomic E-state index is 0.898. The van der Waals surface area contributed by atoms with Crippen LogP contribution in [0.4, 0.5) is 0 Å². The molecule has 0 aromatic carbocycles. The molecule has 0 bridgehead atoms. The Hall–Kier alpha value is 0. The molecule has 1 atom stereocenters. The Labute approximate surface area is 77.7 Å². The van der Waals surface area contributed by atoms with Gasteiger partial charge in [0.05, 0.1) is 0 Å². The van der Waals surface area contributed by atoms with Crippen molar-refractivity contribution in [2.24, 2.45) is 17.8 Å². The SMILES string of the molecule is CCC(CC(C)C)CC1CCC1. The van der Waals surface area contributed by atoms with Crippen molar-refractivity contribution in [2.75, 3.05) is 0 Å². The summed E-state index contributed by atoms with van der Waals surface area (Å²) >= 11 is 0. The average molecular weight is 168 g/mol. The Morgan fingerprint density at radius 1 is 1.25 bits per heavy atom. The van der Waals surface area contributed by atoms with E-state index >= 15 is 0 Å². The van der Waals surface area contributed by atoms with Crippen LogP contribution >= 0.6 is 0 Å². The Bertz CT molecular complexity index is 111. The van der Waals surface area contributed by atoms with Crippen molar-refractivity contribution in [3.63, 3.8) is 0 Å². The molecule has 72 valence electrons. The molecule has 0 radical (unpaired) electrons. The smallest absolute Gasteiger partial charge is 0.0412 e. The van der Waals surface area contributed by atoms with Crippen LogP contribution in [0, 0.1) is 17.8 Å². The Balaban J connectivity index is 2.15. The summed E-state index contributed by atoms with van der Waals surface area (Å²) in [5.74, 6) is 3.03. The Morgan fingerprint density at radius 2 is 1.92 bits per heavy atom. The van der Waals surface area contributed by atoms with E-state index in [9.17, 15) is 0 Å². The highest BCUT2D eigenvalue weighted by Crippen LogP contribution is 2.35. The highest BCUT2D eigenvalue weighted by molar-refractivity contribution is 4.73. The van der Waals surface area contributed by atoms with E-state index in [0.717, 1.165) is 17.8 Å². The fourth-order valence-corrected chi connectivity index (χ4v) is 2.30. The van der Waals surface area contributed by atoms with Gasteiger partial charge >= 0.3 is 0 Å². The maximum absolute atomic E-state index is 2.35. The van der Waals surface area contributed by atoms with Crippen molar-refractivity contribution in [3.05, 3.63) is 0 Å². The second-order valence-corrected chi connectivity index (χ2v) is 4.94. The largest absolute Gasteiger partial charge is 0.0651 e. The summed E-state index contributed by atoms with van der Waals surface area (Å²) in [5, 5.41) is 0. The maximum Gasteiger partial charge on any atom is -0.0412 e. The number of hydrogen-bond acceptors (Lipinski definition) is 0. The monoisotopic (exact) mass is 168 g/mol. The standard InChI is InChI=1S/C12H24/c1-4-11(8-10(2)3)9-12-6-5-7-12/h10-12H,4-9H2,1-3H3. The predicted molar refractivity (Wildman–Crippen MR) is 55.2 cm³/mol. The minimum Gasteiger partial charge on any atom is -0.0651 e. The third-order valence-electron chi connectivity index (χ3n) is 3.27. The molecule has 0 spiro atoms. The first-order valence-corrected chi connectivity index (χ1v) is 5.72. The molecule has 1 rings (SSSR count). The minimum atomic E-state index is 0.898. The van der Waals surface area contributed by atoms with E-state index in [0.29, 0.717) is 0 Å². The van der Waals surface area contributed by atoms with Gasteiger partial charge in [-0.05, 0) is 30.6 Å². The molecule has 0 saturated heterocycles. The van der Waals surface area contributed by atoms with E-state index in [1.165, 1.54) is 38.5 Å². The van der Waals surface area contributed by atoms with Gasteiger partial charge in [-0.15, -0.1) is 0 Å². The summed E-state index contributed by atoms with van der Waals surface area (Å²) in [6.07, 6.45) is 8.92. The van der Waals surface area contributed by atoms with Crippen LogP contribution in [0.15, 0.2) is 0 Å². The third kappa shape index (κ3) is 3.16. The van der Waals surface area contributed by atoms with E-state index < -0.39 is 0 Å². The zero-order chi connectivity index (χ0) is 8.97. The van der Waals surface area contributed by atoms with E-state index in [1.807, 2.05) is 0 Å². The lowest BCUT2D eigenvalue weighted by Gasteiger charge is -2.30. The lowest BCUT2D eigenvalue weighted by Crippen LogP contribution is -2.16. The van der Waals surface area contributed by atoms with Crippen molar-refractivity contribution in [1.29, 1.82) is 0 Å². The molecular weight excluding hydrogens is 144 g/mol. The second-order valence-electron chi connectivity index (χ2n) is 4.94. The summed E-state index contributed by atoms with van der Waals surface area (Å²) < 4.78 is 0. The van der Waals surface area contributed by atoms with Gasteiger partial charge in [0.2, 0.25) is 0 Å². The van der Waals surface area contributed by atoms with Crippen LogP contribution < -0.4 is 0 Å². The molecule has 0 heteroatoms. The fraction of sp³-hybridized carbons (Fsp3) is 1.00. The summed E-state index contributed by atoms with van der Waals surface area (Å²) in [7, 11) is 0. The van der Waals surface area contributed by atoms with Crippen molar-refractivity contribution in [2.45, 2.75) is 59.3 Å². The van der Waals surface area contributed by atoms with E-state index in [1.54, 1.807) is 0 Å². The van der Waals surface area contributed by atoms with Crippen LogP contribution in [0.2, 0.25) is 0 Å². The zero-order valence-electron chi connectivity index (χ0n) is 8.97. The van der Waals surface area contributed by atoms with Crippen LogP contribution in [-0.2, 0) is 0 Å². The molecule has 1 aliphatic carbocycles. The van der Waals surface area contributed by atoms with E-state index in [-0.39, 0.29) is 0 Å². The van der Waals surface area contributed by atoms with Crippen LogP contribution in [0.1, 0.15) is 59.3 Å². The maximum atomic E-state index is 2.35. The third-order valence-corrected chi connectivity index (χ3v) is 3.27. The normalized spacial score (nSPS) is 21.0. The van der Waals surface area contributed by atoms with Crippen molar-refractivity contribution in [3.8, 4) is 0 Å². The summed E-state index contributed by atoms with van der Waals surface area (Å²) in [4.78, 5) is 0. The summed E-state index contributed by atoms with van der Waals surface area (Å²) in [5.41, 5.74) is 0. The predicted octanol–water partition coefficient (Wildman–Crippen LogP) is 4.25. The van der Waals surface area contributed by atoms with Gasteiger partial charge in [-0.1, -0.05) is 46.5 Å². The second kappa shape index (κ2) is 4.89. The van der Waals surface area contributed by atoms with Crippen molar-refractivity contribution >= 4 is 0 Å². The molecule has 1 saturated carbocycles. The molecule has 0 amide bonds. The quantitative estimate of drug-likeness (QED) is 0.575. The molecule has 1 aliphatic rings. The Kier molecular flexibility index (Phi) is 4.11. The molecule has 0 nitrogen and oxygen atoms in total. The molecule has 0 aromatic rings. The first kappa shape index (κ1) is 10.1. The van der Waals surface area contributed by atoms with Gasteiger partial charge in [-0.3, -0.25) is 0 Å². The molecule has 1 unspecified atom stereocenters. The molecular formula is C12H24. The number of hydrogen-bond donors (Lipinski definition) is 0. The molecule has 0 heterocycles. The van der Waals surface area contributed by atoms with Crippen LogP contribution in [0.25, 0.3) is 0 Å². The van der Waals surface area contributed by atoms with E-state index in [2.05, 4.69) is 20.8 Å². The summed E-state index contributed by atoms with van der Waals surface area (Å²) in [6.45, 7) is 7.05. The van der Waals surface area contributed by atoms with Crippen molar-refractivity contribution < 1.29 is 0 Å². The first-order chi connectivity index (χ1) is 5.72. The van der Waals surface area contributed by atoms with Crippen LogP contribution in [0.3, 0.4) is 0 Å². The molecule has 0 aliphatic heterocycles. The topological polar surface area (TPSA) is 0 Å². The highest BCUT2D eigenvalue weighted by atomic mass is 14.3. The molecule has 0 aromatic heterocycles. The van der Waals surface area contributed by atoms with Gasteiger partial charge in [0.15, 0.2) is 0 Å².